The van der Waals surface area contributed by atoms with Crippen LogP contribution in [0.5, 0.6) is 0 Å². The summed E-state index contributed by atoms with van der Waals surface area (Å²) in [6.07, 6.45) is 4.80. The minimum atomic E-state index is -2.43. The number of nitrogens with one attached hydrogen (secondary N) is 2. The van der Waals surface area contributed by atoms with Gasteiger partial charge in [0.15, 0.2) is 11.2 Å². The predicted molar refractivity (Wildman–Crippen MR) is 47.3 cm³/mol. The molecule has 1 aliphatic heterocycles. The van der Waals surface area contributed by atoms with Gasteiger partial charge in [-0.05, 0) is 12.8 Å². The van der Waals surface area contributed by atoms with Crippen LogP contribution < -0.4 is 10.2 Å². The van der Waals surface area contributed by atoms with E-state index in [1.807, 2.05) is 0 Å². The molecule has 2 rings (SSSR count). The van der Waals surface area contributed by atoms with E-state index >= 15 is 0 Å². The fourth-order valence-electron chi connectivity index (χ4n) is 1.92. The first kappa shape index (κ1) is 8.21. The van der Waals surface area contributed by atoms with Crippen molar-refractivity contribution in [3.63, 3.8) is 0 Å². The van der Waals surface area contributed by atoms with Gasteiger partial charge in [0.05, 0.1) is 12.1 Å². The van der Waals surface area contributed by atoms with Crippen LogP contribution in [0.1, 0.15) is 25.7 Å². The van der Waals surface area contributed by atoms with Gasteiger partial charge in [-0.3, -0.25) is 0 Å². The highest BCUT2D eigenvalue weighted by Crippen LogP contribution is 2.57. The first-order chi connectivity index (χ1) is 5.17. The molecule has 2 atom stereocenters. The standard InChI is InChI=1S/C6H13ClN2OP/c7-11(10)8-5-3-1-2-4-6(5)9-11/h5-6,8-10H,1-4H2/q+1. The van der Waals surface area contributed by atoms with Crippen LogP contribution in [-0.4, -0.2) is 17.0 Å². The molecule has 3 N–H and O–H groups in total. The van der Waals surface area contributed by atoms with Gasteiger partial charge in [0.1, 0.15) is 0 Å². The molecule has 0 bridgehead atoms. The zero-order valence-corrected chi connectivity index (χ0v) is 7.91. The Morgan fingerprint density at radius 3 is 2.09 bits per heavy atom. The van der Waals surface area contributed by atoms with Crippen LogP contribution >= 0.6 is 18.4 Å². The van der Waals surface area contributed by atoms with Crippen molar-refractivity contribution in [3.8, 4) is 0 Å². The molecule has 0 aromatic rings. The Morgan fingerprint density at radius 2 is 1.64 bits per heavy atom. The molecule has 3 nitrogen and oxygen atoms in total. The summed E-state index contributed by atoms with van der Waals surface area (Å²) < 4.78 is 0. The molecule has 1 saturated heterocycles. The molecule has 5 heteroatoms. The highest BCUT2D eigenvalue weighted by molar-refractivity contribution is 7.91. The van der Waals surface area contributed by atoms with E-state index in [1.165, 1.54) is 12.8 Å². The minimum absolute atomic E-state index is 0.416. The first-order valence-electron chi connectivity index (χ1n) is 4.04. The van der Waals surface area contributed by atoms with E-state index in [0.29, 0.717) is 12.1 Å². The Bertz CT molecular complexity index is 151. The normalized spacial score (nSPS) is 50.7. The summed E-state index contributed by atoms with van der Waals surface area (Å²) in [5.41, 5.74) is 0. The van der Waals surface area contributed by atoms with Crippen LogP contribution in [0.4, 0.5) is 0 Å². The Balaban J connectivity index is 2.03. The Kier molecular flexibility index (Phi) is 2.11. The average Bonchev–Trinajstić information content (AvgIpc) is 2.21. The summed E-state index contributed by atoms with van der Waals surface area (Å²) in [6.45, 7) is 0. The third-order valence-corrected chi connectivity index (χ3v) is 4.37. The van der Waals surface area contributed by atoms with Crippen LogP contribution in [0, 0.1) is 0 Å². The van der Waals surface area contributed by atoms with Gasteiger partial charge in [0.2, 0.25) is 0 Å². The molecule has 0 amide bonds. The fraction of sp³-hybridized carbons (Fsp3) is 1.00. The highest BCUT2D eigenvalue weighted by Gasteiger charge is 2.50. The quantitative estimate of drug-likeness (QED) is 0.512. The Labute approximate surface area is 71.8 Å². The van der Waals surface area contributed by atoms with Crippen LogP contribution in [0.15, 0.2) is 0 Å². The van der Waals surface area contributed by atoms with E-state index in [9.17, 15) is 4.89 Å². The number of fused-ring (bicyclic) bond motifs is 1. The maximum absolute atomic E-state index is 9.48. The fourth-order valence-corrected chi connectivity index (χ4v) is 4.24. The lowest BCUT2D eigenvalue weighted by atomic mass is 9.92. The van der Waals surface area contributed by atoms with Crippen molar-refractivity contribution >= 4 is 18.4 Å². The first-order valence-corrected chi connectivity index (χ1v) is 6.69. The van der Waals surface area contributed by atoms with Crippen LogP contribution in [-0.2, 0) is 0 Å². The molecule has 0 aromatic heterocycles. The second-order valence-corrected chi connectivity index (χ2v) is 6.41. The topological polar surface area (TPSA) is 44.3 Å². The lowest BCUT2D eigenvalue weighted by Crippen LogP contribution is -2.36. The zero-order chi connectivity index (χ0) is 7.90. The van der Waals surface area contributed by atoms with E-state index in [2.05, 4.69) is 10.2 Å². The molecule has 2 fully saturated rings. The van der Waals surface area contributed by atoms with Crippen molar-refractivity contribution in [2.75, 3.05) is 0 Å². The van der Waals surface area contributed by atoms with Crippen molar-refractivity contribution < 1.29 is 4.89 Å². The Morgan fingerprint density at radius 1 is 1.18 bits per heavy atom. The van der Waals surface area contributed by atoms with Crippen LogP contribution in [0.25, 0.3) is 0 Å². The van der Waals surface area contributed by atoms with Gasteiger partial charge in [-0.15, -0.1) is 10.2 Å². The number of rotatable bonds is 0. The molecule has 0 spiro atoms. The van der Waals surface area contributed by atoms with E-state index < -0.39 is 7.14 Å². The van der Waals surface area contributed by atoms with Gasteiger partial charge < -0.3 is 0 Å². The number of hydrogen-bond donors (Lipinski definition) is 3. The second-order valence-electron chi connectivity index (χ2n) is 3.31. The SMILES string of the molecule is O[P+]1(Cl)NC2CCCCC2N1. The predicted octanol–water partition coefficient (Wildman–Crippen LogP) is 1.40. The summed E-state index contributed by atoms with van der Waals surface area (Å²) >= 11 is 5.79. The summed E-state index contributed by atoms with van der Waals surface area (Å²) in [7, 11) is -2.43. The summed E-state index contributed by atoms with van der Waals surface area (Å²) in [6, 6.07) is 0.833. The van der Waals surface area contributed by atoms with E-state index in [4.69, 9.17) is 11.2 Å². The molecule has 1 heterocycles. The van der Waals surface area contributed by atoms with Gasteiger partial charge in [0, 0.05) is 0 Å². The smallest absolute Gasteiger partial charge is 0.197 e. The van der Waals surface area contributed by atoms with Gasteiger partial charge in [-0.2, -0.15) is 4.89 Å². The zero-order valence-electron chi connectivity index (χ0n) is 6.26. The van der Waals surface area contributed by atoms with Crippen molar-refractivity contribution in [1.29, 1.82) is 0 Å². The van der Waals surface area contributed by atoms with Gasteiger partial charge in [-0.1, -0.05) is 12.8 Å². The lowest BCUT2D eigenvalue weighted by Gasteiger charge is -2.19. The van der Waals surface area contributed by atoms with E-state index in [0.717, 1.165) is 12.8 Å². The largest absolute Gasteiger partial charge is 0.385 e. The molecular weight excluding hydrogens is 183 g/mol. The average molecular weight is 196 g/mol. The summed E-state index contributed by atoms with van der Waals surface area (Å²) in [4.78, 5) is 9.48. The number of hydrogen-bond acceptors (Lipinski definition) is 3. The number of halogens is 1. The van der Waals surface area contributed by atoms with Crippen molar-refractivity contribution in [1.82, 2.24) is 10.2 Å². The van der Waals surface area contributed by atoms with Gasteiger partial charge in [0.25, 0.3) is 0 Å². The molecule has 2 aliphatic rings. The van der Waals surface area contributed by atoms with Crippen molar-refractivity contribution in [3.05, 3.63) is 0 Å². The van der Waals surface area contributed by atoms with Gasteiger partial charge >= 0.3 is 7.14 Å². The molecule has 11 heavy (non-hydrogen) atoms. The van der Waals surface area contributed by atoms with Crippen LogP contribution in [0.2, 0.25) is 0 Å². The Hall–Kier alpha value is 0.600. The van der Waals surface area contributed by atoms with Crippen molar-refractivity contribution in [2.45, 2.75) is 37.8 Å². The lowest BCUT2D eigenvalue weighted by molar-refractivity contribution is 0.374. The molecule has 64 valence electrons. The summed E-state index contributed by atoms with van der Waals surface area (Å²) in [5, 5.41) is 6.11. The molecule has 2 unspecified atom stereocenters. The third-order valence-electron chi connectivity index (χ3n) is 2.44. The molecule has 0 aromatic carbocycles. The maximum Gasteiger partial charge on any atom is 0.385 e. The second kappa shape index (κ2) is 2.82. The van der Waals surface area contributed by atoms with E-state index in [-0.39, 0.29) is 0 Å². The molecule has 1 aliphatic carbocycles. The van der Waals surface area contributed by atoms with Crippen LogP contribution in [0.3, 0.4) is 0 Å². The van der Waals surface area contributed by atoms with E-state index in [1.54, 1.807) is 0 Å². The highest BCUT2D eigenvalue weighted by atomic mass is 35.7. The summed E-state index contributed by atoms with van der Waals surface area (Å²) in [5.74, 6) is 0. The van der Waals surface area contributed by atoms with Gasteiger partial charge in [-0.25, -0.2) is 0 Å². The molecule has 0 radical (unpaired) electrons. The molecule has 1 saturated carbocycles. The maximum atomic E-state index is 9.48. The third kappa shape index (κ3) is 1.68. The van der Waals surface area contributed by atoms with Crippen molar-refractivity contribution in [2.24, 2.45) is 0 Å². The minimum Gasteiger partial charge on any atom is -0.197 e. The monoisotopic (exact) mass is 195 g/mol. The molecular formula is C6H13ClN2OP+.